The standard InChI is InChI=1S/C13H13ClN2/c14-11-2-1-9-6-13(8-15,7-10(9)5-11)16-12-3-4-12/h1-2,5,12,16H,3-4,6-7H2. The maximum Gasteiger partial charge on any atom is 0.115 e. The van der Waals surface area contributed by atoms with E-state index in [0.717, 1.165) is 17.9 Å². The highest BCUT2D eigenvalue weighted by Crippen LogP contribution is 2.34. The largest absolute Gasteiger partial charge is 0.296 e. The fourth-order valence-corrected chi connectivity index (χ4v) is 2.67. The van der Waals surface area contributed by atoms with E-state index in [0.29, 0.717) is 6.04 Å². The molecule has 1 aromatic rings. The molecule has 0 bridgehead atoms. The lowest BCUT2D eigenvalue weighted by Gasteiger charge is -2.21. The van der Waals surface area contributed by atoms with E-state index in [2.05, 4.69) is 11.4 Å². The van der Waals surface area contributed by atoms with Crippen LogP contribution in [0.3, 0.4) is 0 Å². The van der Waals surface area contributed by atoms with Gasteiger partial charge in [-0.2, -0.15) is 5.26 Å². The monoisotopic (exact) mass is 232 g/mol. The second-order valence-corrected chi connectivity index (χ2v) is 5.32. The summed E-state index contributed by atoms with van der Waals surface area (Å²) in [6.07, 6.45) is 4.02. The van der Waals surface area contributed by atoms with Gasteiger partial charge in [0.25, 0.3) is 0 Å². The summed E-state index contributed by atoms with van der Waals surface area (Å²) >= 11 is 5.97. The van der Waals surface area contributed by atoms with Gasteiger partial charge in [-0.3, -0.25) is 5.32 Å². The molecule has 1 unspecified atom stereocenters. The van der Waals surface area contributed by atoms with E-state index in [-0.39, 0.29) is 5.54 Å². The van der Waals surface area contributed by atoms with Gasteiger partial charge in [-0.05, 0) is 36.1 Å². The molecule has 0 aromatic heterocycles. The third-order valence-corrected chi connectivity index (χ3v) is 3.66. The second-order valence-electron chi connectivity index (χ2n) is 4.88. The summed E-state index contributed by atoms with van der Waals surface area (Å²) in [6, 6.07) is 8.97. The van der Waals surface area contributed by atoms with Crippen LogP contribution in [0.25, 0.3) is 0 Å². The van der Waals surface area contributed by atoms with E-state index in [1.807, 2.05) is 18.2 Å². The van der Waals surface area contributed by atoms with E-state index >= 15 is 0 Å². The molecule has 0 radical (unpaired) electrons. The molecule has 1 atom stereocenters. The normalized spacial score (nSPS) is 27.5. The van der Waals surface area contributed by atoms with Crippen LogP contribution in [0.2, 0.25) is 5.02 Å². The minimum Gasteiger partial charge on any atom is -0.296 e. The topological polar surface area (TPSA) is 35.8 Å². The Labute approximate surface area is 100 Å². The molecule has 2 aliphatic carbocycles. The molecule has 3 rings (SSSR count). The van der Waals surface area contributed by atoms with Crippen molar-refractivity contribution in [3.8, 4) is 6.07 Å². The summed E-state index contributed by atoms with van der Waals surface area (Å²) in [4.78, 5) is 0. The highest BCUT2D eigenvalue weighted by atomic mass is 35.5. The maximum atomic E-state index is 9.39. The molecule has 0 aliphatic heterocycles. The van der Waals surface area contributed by atoms with Crippen molar-refractivity contribution < 1.29 is 0 Å². The molecule has 1 saturated carbocycles. The van der Waals surface area contributed by atoms with Gasteiger partial charge in [0.1, 0.15) is 5.54 Å². The Kier molecular flexibility index (Phi) is 2.20. The quantitative estimate of drug-likeness (QED) is 0.850. The van der Waals surface area contributed by atoms with E-state index < -0.39 is 0 Å². The number of fused-ring (bicyclic) bond motifs is 1. The number of rotatable bonds is 2. The number of nitriles is 1. The molecule has 0 saturated heterocycles. The Hall–Kier alpha value is -1.04. The molecule has 1 fully saturated rings. The van der Waals surface area contributed by atoms with Crippen LogP contribution < -0.4 is 5.32 Å². The van der Waals surface area contributed by atoms with Crippen LogP contribution in [0.15, 0.2) is 18.2 Å². The first kappa shape index (κ1) is 10.1. The lowest BCUT2D eigenvalue weighted by atomic mass is 9.97. The summed E-state index contributed by atoms with van der Waals surface area (Å²) in [6.45, 7) is 0. The summed E-state index contributed by atoms with van der Waals surface area (Å²) in [5.41, 5.74) is 2.11. The van der Waals surface area contributed by atoms with Gasteiger partial charge < -0.3 is 0 Å². The molecule has 16 heavy (non-hydrogen) atoms. The van der Waals surface area contributed by atoms with Crippen LogP contribution in [0.4, 0.5) is 0 Å². The van der Waals surface area contributed by atoms with Crippen molar-refractivity contribution in [1.29, 1.82) is 5.26 Å². The number of hydrogen-bond acceptors (Lipinski definition) is 2. The Balaban J connectivity index is 1.89. The first-order chi connectivity index (χ1) is 7.71. The van der Waals surface area contributed by atoms with Crippen molar-refractivity contribution in [2.75, 3.05) is 0 Å². The van der Waals surface area contributed by atoms with E-state index in [1.165, 1.54) is 24.0 Å². The summed E-state index contributed by atoms with van der Waals surface area (Å²) in [5, 5.41) is 13.6. The Bertz CT molecular complexity index is 473. The van der Waals surface area contributed by atoms with Gasteiger partial charge in [0, 0.05) is 23.9 Å². The van der Waals surface area contributed by atoms with Gasteiger partial charge in [0.15, 0.2) is 0 Å². The van der Waals surface area contributed by atoms with E-state index in [1.54, 1.807) is 0 Å². The fourth-order valence-electron chi connectivity index (χ4n) is 2.48. The van der Waals surface area contributed by atoms with E-state index in [9.17, 15) is 5.26 Å². The molecule has 2 nitrogen and oxygen atoms in total. The summed E-state index contributed by atoms with van der Waals surface area (Å²) < 4.78 is 0. The van der Waals surface area contributed by atoms with Crippen molar-refractivity contribution in [3.05, 3.63) is 34.3 Å². The molecular formula is C13H13ClN2. The highest BCUT2D eigenvalue weighted by molar-refractivity contribution is 6.30. The molecule has 0 heterocycles. The zero-order valence-electron chi connectivity index (χ0n) is 8.96. The van der Waals surface area contributed by atoms with E-state index in [4.69, 9.17) is 11.6 Å². The number of benzene rings is 1. The van der Waals surface area contributed by atoms with Crippen molar-refractivity contribution in [1.82, 2.24) is 5.32 Å². The zero-order valence-corrected chi connectivity index (χ0v) is 9.72. The molecule has 0 spiro atoms. The van der Waals surface area contributed by atoms with Crippen LogP contribution in [-0.4, -0.2) is 11.6 Å². The fraction of sp³-hybridized carbons (Fsp3) is 0.462. The van der Waals surface area contributed by atoms with Crippen molar-refractivity contribution in [3.63, 3.8) is 0 Å². The maximum absolute atomic E-state index is 9.39. The third kappa shape index (κ3) is 1.71. The minimum absolute atomic E-state index is 0.381. The predicted molar refractivity (Wildman–Crippen MR) is 63.4 cm³/mol. The Morgan fingerprint density at radius 3 is 2.75 bits per heavy atom. The molecular weight excluding hydrogens is 220 g/mol. The molecule has 1 aromatic carbocycles. The Morgan fingerprint density at radius 2 is 2.06 bits per heavy atom. The van der Waals surface area contributed by atoms with Gasteiger partial charge in [-0.15, -0.1) is 0 Å². The first-order valence-electron chi connectivity index (χ1n) is 5.67. The lowest BCUT2D eigenvalue weighted by Crippen LogP contribution is -2.46. The van der Waals surface area contributed by atoms with Crippen LogP contribution in [0.1, 0.15) is 24.0 Å². The highest BCUT2D eigenvalue weighted by Gasteiger charge is 2.41. The molecule has 2 aliphatic rings. The zero-order chi connectivity index (χ0) is 11.2. The van der Waals surface area contributed by atoms with Crippen molar-refractivity contribution >= 4 is 11.6 Å². The average Bonchev–Trinajstić information content (AvgIpc) is 2.98. The average molecular weight is 233 g/mol. The van der Waals surface area contributed by atoms with Crippen LogP contribution in [0, 0.1) is 11.3 Å². The molecule has 0 amide bonds. The number of halogens is 1. The smallest absolute Gasteiger partial charge is 0.115 e. The molecule has 3 heteroatoms. The van der Waals surface area contributed by atoms with Gasteiger partial charge in [-0.1, -0.05) is 17.7 Å². The van der Waals surface area contributed by atoms with Crippen LogP contribution in [0.5, 0.6) is 0 Å². The van der Waals surface area contributed by atoms with Crippen LogP contribution >= 0.6 is 11.6 Å². The Morgan fingerprint density at radius 1 is 1.31 bits per heavy atom. The molecule has 1 N–H and O–H groups in total. The van der Waals surface area contributed by atoms with Gasteiger partial charge >= 0.3 is 0 Å². The summed E-state index contributed by atoms with van der Waals surface area (Å²) in [5.74, 6) is 0. The summed E-state index contributed by atoms with van der Waals surface area (Å²) in [7, 11) is 0. The predicted octanol–water partition coefficient (Wildman–Crippen LogP) is 2.45. The van der Waals surface area contributed by atoms with Gasteiger partial charge in [-0.25, -0.2) is 0 Å². The third-order valence-electron chi connectivity index (χ3n) is 3.42. The van der Waals surface area contributed by atoms with Gasteiger partial charge in [0.05, 0.1) is 6.07 Å². The van der Waals surface area contributed by atoms with Gasteiger partial charge in [0.2, 0.25) is 0 Å². The minimum atomic E-state index is -0.381. The second kappa shape index (κ2) is 3.48. The number of nitrogens with zero attached hydrogens (tertiary/aromatic N) is 1. The van der Waals surface area contributed by atoms with Crippen molar-refractivity contribution in [2.45, 2.75) is 37.3 Å². The van der Waals surface area contributed by atoms with Crippen LogP contribution in [-0.2, 0) is 12.8 Å². The SMILES string of the molecule is N#CC1(NC2CC2)Cc2ccc(Cl)cc2C1. The lowest BCUT2D eigenvalue weighted by molar-refractivity contribution is 0.427. The first-order valence-corrected chi connectivity index (χ1v) is 6.05. The number of hydrogen-bond donors (Lipinski definition) is 1. The molecule has 82 valence electrons. The number of nitrogens with one attached hydrogen (secondary N) is 1. The van der Waals surface area contributed by atoms with Crippen molar-refractivity contribution in [2.24, 2.45) is 0 Å².